The average Bonchev–Trinajstić information content (AvgIpc) is 2.65. The van der Waals surface area contributed by atoms with E-state index in [2.05, 4.69) is 166 Å². The smallest absolute Gasteiger partial charge is 0.0241 e. The predicted octanol–water partition coefficient (Wildman–Crippen LogP) is 12.6. The molecule has 0 aliphatic rings. The predicted molar refractivity (Wildman–Crippen MR) is 167 cm³/mol. The zero-order valence-corrected chi connectivity index (χ0v) is 30.2. The van der Waals surface area contributed by atoms with E-state index < -0.39 is 0 Å². The topological polar surface area (TPSA) is 0 Å². The van der Waals surface area contributed by atoms with Gasteiger partial charge < -0.3 is 0 Å². The molecule has 0 unspecified atom stereocenters. The van der Waals surface area contributed by atoms with Gasteiger partial charge in [-0.05, 0) is 66.0 Å². The third kappa shape index (κ3) is 4.28. The van der Waals surface area contributed by atoms with E-state index in [1.54, 1.807) is 0 Å². The molecular formula is C36H74. The van der Waals surface area contributed by atoms with Crippen molar-refractivity contribution in [3.05, 3.63) is 0 Å². The highest BCUT2D eigenvalue weighted by atomic mass is 14.7. The summed E-state index contributed by atoms with van der Waals surface area (Å²) < 4.78 is 0. The molecule has 0 spiro atoms. The van der Waals surface area contributed by atoms with Crippen LogP contribution in [-0.4, -0.2) is 0 Å². The van der Waals surface area contributed by atoms with Crippen LogP contribution in [0.15, 0.2) is 0 Å². The minimum Gasteiger partial charge on any atom is -0.0622 e. The van der Waals surface area contributed by atoms with Crippen molar-refractivity contribution in [2.24, 2.45) is 66.0 Å². The van der Waals surface area contributed by atoms with Gasteiger partial charge in [-0.1, -0.05) is 166 Å². The third-order valence-electron chi connectivity index (χ3n) is 17.0. The molecule has 0 rings (SSSR count). The van der Waals surface area contributed by atoms with E-state index in [1.807, 2.05) is 0 Å². The lowest BCUT2D eigenvalue weighted by Gasteiger charge is -2.72. The van der Waals surface area contributed by atoms with Gasteiger partial charge in [-0.25, -0.2) is 0 Å². The molecule has 0 aromatic heterocycles. The molecule has 0 nitrogen and oxygen atoms in total. The maximum Gasteiger partial charge on any atom is -0.0241 e. The second kappa shape index (κ2) is 9.29. The van der Waals surface area contributed by atoms with Crippen molar-refractivity contribution < 1.29 is 0 Å². The van der Waals surface area contributed by atoms with Crippen molar-refractivity contribution in [2.75, 3.05) is 0 Å². The highest BCUT2D eigenvalue weighted by molar-refractivity contribution is 5.16. The maximum absolute atomic E-state index is 2.59. The lowest BCUT2D eigenvalue weighted by atomic mass is 9.33. The molecule has 0 saturated heterocycles. The molecule has 0 heteroatoms. The standard InChI is InChI=1S/C36H74/c1-25(2)27(5,6)29(9,10)31(13,14)33(17,18)35(21,22)36(23,24)34(19,20)32(15,16)30(11,12)28(7,8)26(3)4/h25-26H,1-24H3. The lowest BCUT2D eigenvalue weighted by molar-refractivity contribution is -0.237. The minimum absolute atomic E-state index is 0.0622. The molecule has 0 bridgehead atoms. The van der Waals surface area contributed by atoms with Crippen LogP contribution >= 0.6 is 0 Å². The van der Waals surface area contributed by atoms with Crippen LogP contribution in [0.1, 0.15) is 166 Å². The Balaban J connectivity index is 7.16. The van der Waals surface area contributed by atoms with Gasteiger partial charge in [-0.3, -0.25) is 0 Å². The van der Waals surface area contributed by atoms with Crippen molar-refractivity contribution in [3.63, 3.8) is 0 Å². The molecule has 0 aromatic carbocycles. The molecule has 0 radical (unpaired) electrons. The first kappa shape index (κ1) is 36.0. The Morgan fingerprint density at radius 1 is 0.222 bits per heavy atom. The van der Waals surface area contributed by atoms with Crippen LogP contribution in [0.3, 0.4) is 0 Å². The second-order valence-corrected chi connectivity index (χ2v) is 18.8. The van der Waals surface area contributed by atoms with Crippen molar-refractivity contribution >= 4 is 0 Å². The van der Waals surface area contributed by atoms with Crippen LogP contribution in [0, 0.1) is 66.0 Å². The summed E-state index contributed by atoms with van der Waals surface area (Å²) in [5.74, 6) is 1.24. The maximum atomic E-state index is 2.59. The Labute approximate surface area is 232 Å². The zero-order valence-electron chi connectivity index (χ0n) is 30.2. The van der Waals surface area contributed by atoms with Gasteiger partial charge in [0.25, 0.3) is 0 Å². The highest BCUT2D eigenvalue weighted by Gasteiger charge is 2.68. The Hall–Kier alpha value is 0. The fourth-order valence-electron chi connectivity index (χ4n) is 7.74. The van der Waals surface area contributed by atoms with Crippen LogP contribution in [0.25, 0.3) is 0 Å². The van der Waals surface area contributed by atoms with E-state index >= 15 is 0 Å². The molecule has 0 aliphatic heterocycles. The van der Waals surface area contributed by atoms with Gasteiger partial charge >= 0.3 is 0 Å². The molecule has 0 atom stereocenters. The van der Waals surface area contributed by atoms with E-state index in [4.69, 9.17) is 0 Å². The summed E-state index contributed by atoms with van der Waals surface area (Å²) in [4.78, 5) is 0. The van der Waals surface area contributed by atoms with Crippen molar-refractivity contribution in [1.29, 1.82) is 0 Å². The van der Waals surface area contributed by atoms with Crippen molar-refractivity contribution in [2.45, 2.75) is 166 Å². The number of hydrogen-bond donors (Lipinski definition) is 0. The first-order valence-electron chi connectivity index (χ1n) is 15.1. The fraction of sp³-hybridized carbons (Fsp3) is 1.00. The van der Waals surface area contributed by atoms with Gasteiger partial charge in [-0.2, -0.15) is 0 Å². The summed E-state index contributed by atoms with van der Waals surface area (Å²) in [7, 11) is 0. The largest absolute Gasteiger partial charge is 0.0622 e. The monoisotopic (exact) mass is 507 g/mol. The molecule has 0 aromatic rings. The Morgan fingerprint density at radius 3 is 0.444 bits per heavy atom. The van der Waals surface area contributed by atoms with E-state index in [1.165, 1.54) is 0 Å². The number of rotatable bonds is 11. The van der Waals surface area contributed by atoms with Gasteiger partial charge in [0.1, 0.15) is 0 Å². The molecule has 0 fully saturated rings. The van der Waals surface area contributed by atoms with Gasteiger partial charge in [0.2, 0.25) is 0 Å². The SMILES string of the molecule is CC(C)C(C)(C)C(C)(C)C(C)(C)C(C)(C)C(C)(C)C(C)(C)C(C)(C)C(C)(C)C(C)(C)C(C)(C)C(C)C. The summed E-state index contributed by atoms with van der Waals surface area (Å²) in [6.07, 6.45) is 0. The van der Waals surface area contributed by atoms with Gasteiger partial charge in [0, 0.05) is 0 Å². The molecule has 0 N–H and O–H groups in total. The summed E-state index contributed by atoms with van der Waals surface area (Å²) in [6, 6.07) is 0. The van der Waals surface area contributed by atoms with Crippen molar-refractivity contribution in [3.8, 4) is 0 Å². The Kier molecular flexibility index (Phi) is 9.29. The molecule has 218 valence electrons. The Morgan fingerprint density at radius 2 is 0.333 bits per heavy atom. The van der Waals surface area contributed by atoms with E-state index in [9.17, 15) is 0 Å². The van der Waals surface area contributed by atoms with Crippen LogP contribution in [-0.2, 0) is 0 Å². The number of hydrogen-bond acceptors (Lipinski definition) is 0. The second-order valence-electron chi connectivity index (χ2n) is 18.8. The molecule has 0 saturated carbocycles. The first-order valence-corrected chi connectivity index (χ1v) is 15.1. The van der Waals surface area contributed by atoms with E-state index in [0.717, 1.165) is 0 Å². The van der Waals surface area contributed by atoms with Gasteiger partial charge in [0.05, 0.1) is 0 Å². The first-order chi connectivity index (χ1) is 15.1. The Bertz CT molecular complexity index is 688. The van der Waals surface area contributed by atoms with Crippen LogP contribution in [0.5, 0.6) is 0 Å². The quantitative estimate of drug-likeness (QED) is 0.261. The minimum atomic E-state index is 0.0622. The van der Waals surface area contributed by atoms with Gasteiger partial charge in [-0.15, -0.1) is 0 Å². The zero-order chi connectivity index (χ0) is 30.2. The molecule has 36 heavy (non-hydrogen) atoms. The summed E-state index contributed by atoms with van der Waals surface area (Å²) in [5.41, 5.74) is 1.18. The van der Waals surface area contributed by atoms with Crippen molar-refractivity contribution in [1.82, 2.24) is 0 Å². The molecule has 0 aliphatic carbocycles. The summed E-state index contributed by atoms with van der Waals surface area (Å²) >= 11 is 0. The summed E-state index contributed by atoms with van der Waals surface area (Å²) in [6.45, 7) is 60.7. The molecule has 0 heterocycles. The fourth-order valence-corrected chi connectivity index (χ4v) is 7.74. The van der Waals surface area contributed by atoms with E-state index in [-0.39, 0.29) is 54.1 Å². The van der Waals surface area contributed by atoms with Crippen LogP contribution in [0.2, 0.25) is 0 Å². The van der Waals surface area contributed by atoms with Crippen LogP contribution < -0.4 is 0 Å². The summed E-state index contributed by atoms with van der Waals surface area (Å²) in [5, 5.41) is 0. The normalized spacial score (nSPS) is 16.8. The van der Waals surface area contributed by atoms with Gasteiger partial charge in [0.15, 0.2) is 0 Å². The van der Waals surface area contributed by atoms with Crippen LogP contribution in [0.4, 0.5) is 0 Å². The average molecular weight is 507 g/mol. The van der Waals surface area contributed by atoms with E-state index in [0.29, 0.717) is 11.8 Å². The highest BCUT2D eigenvalue weighted by Crippen LogP contribution is 2.74. The molecule has 0 amide bonds. The molecular weight excluding hydrogens is 432 g/mol. The third-order valence-corrected chi connectivity index (χ3v) is 17.0. The lowest BCUT2D eigenvalue weighted by Crippen LogP contribution is -2.65.